The van der Waals surface area contributed by atoms with Gasteiger partial charge in [0.05, 0.1) is 29.3 Å². The smallest absolute Gasteiger partial charge is 0.143 e. The van der Waals surface area contributed by atoms with E-state index in [1.807, 2.05) is 51.1 Å². The van der Waals surface area contributed by atoms with Crippen LogP contribution in [0.15, 0.2) is 40.9 Å². The zero-order chi connectivity index (χ0) is 17.6. The second-order valence-corrected chi connectivity index (χ2v) is 6.32. The van der Waals surface area contributed by atoms with Crippen molar-refractivity contribution in [3.8, 4) is 22.5 Å². The van der Waals surface area contributed by atoms with Crippen LogP contribution in [0.1, 0.15) is 22.7 Å². The van der Waals surface area contributed by atoms with Crippen LogP contribution < -0.4 is 0 Å². The molecular weight excluding hydrogens is 314 g/mol. The number of pyridine rings is 1. The summed E-state index contributed by atoms with van der Waals surface area (Å²) in [5.74, 6) is 0.759. The summed E-state index contributed by atoms with van der Waals surface area (Å²) in [5.41, 5.74) is 7.51. The molecule has 0 aliphatic rings. The van der Waals surface area contributed by atoms with Crippen LogP contribution in [0.4, 0.5) is 0 Å². The zero-order valence-electron chi connectivity index (χ0n) is 14.4. The zero-order valence-corrected chi connectivity index (χ0v) is 14.4. The van der Waals surface area contributed by atoms with E-state index in [1.54, 1.807) is 0 Å². The minimum Gasteiger partial charge on any atom is -0.392 e. The molecular formula is C20H19N3O2. The Kier molecular flexibility index (Phi) is 3.66. The molecule has 0 spiro atoms. The minimum absolute atomic E-state index is 0.0332. The normalized spacial score (nSPS) is 11.4. The molecule has 3 heterocycles. The van der Waals surface area contributed by atoms with Gasteiger partial charge in [-0.15, -0.1) is 0 Å². The molecule has 0 unspecified atom stereocenters. The lowest BCUT2D eigenvalue weighted by molar-refractivity contribution is 0.282. The fraction of sp³-hybridized carbons (Fsp3) is 0.200. The van der Waals surface area contributed by atoms with Crippen molar-refractivity contribution in [1.29, 1.82) is 0 Å². The summed E-state index contributed by atoms with van der Waals surface area (Å²) in [6.45, 7) is 5.89. The molecule has 5 heteroatoms. The average molecular weight is 333 g/mol. The molecule has 0 saturated heterocycles. The Morgan fingerprint density at radius 3 is 2.48 bits per heavy atom. The number of H-pyrrole nitrogens is 1. The van der Waals surface area contributed by atoms with Gasteiger partial charge < -0.3 is 14.6 Å². The number of nitrogens with zero attached hydrogens (tertiary/aromatic N) is 2. The van der Waals surface area contributed by atoms with Gasteiger partial charge in [0.25, 0.3) is 0 Å². The number of fused-ring (bicyclic) bond motifs is 1. The van der Waals surface area contributed by atoms with Gasteiger partial charge in [-0.05, 0) is 38.5 Å². The second-order valence-electron chi connectivity index (χ2n) is 6.32. The molecule has 0 atom stereocenters. The lowest BCUT2D eigenvalue weighted by atomic mass is 10.0. The highest BCUT2D eigenvalue weighted by molar-refractivity contribution is 5.96. The summed E-state index contributed by atoms with van der Waals surface area (Å²) in [6, 6.07) is 12.0. The molecule has 0 aliphatic heterocycles. The number of aryl methyl sites for hydroxylation is 3. The van der Waals surface area contributed by atoms with Crippen LogP contribution in [0.3, 0.4) is 0 Å². The highest BCUT2D eigenvalue weighted by atomic mass is 16.5. The quantitative estimate of drug-likeness (QED) is 0.586. The van der Waals surface area contributed by atoms with Crippen molar-refractivity contribution in [2.24, 2.45) is 0 Å². The fourth-order valence-electron chi connectivity index (χ4n) is 3.23. The summed E-state index contributed by atoms with van der Waals surface area (Å²) in [7, 11) is 0. The predicted octanol–water partition coefficient (Wildman–Crippen LogP) is 4.30. The van der Waals surface area contributed by atoms with Crippen molar-refractivity contribution in [1.82, 2.24) is 15.1 Å². The van der Waals surface area contributed by atoms with Crippen LogP contribution in [-0.4, -0.2) is 20.2 Å². The Balaban J connectivity index is 1.98. The summed E-state index contributed by atoms with van der Waals surface area (Å²) >= 11 is 0. The van der Waals surface area contributed by atoms with Gasteiger partial charge in [0.2, 0.25) is 0 Å². The van der Waals surface area contributed by atoms with E-state index in [9.17, 15) is 5.11 Å². The monoisotopic (exact) mass is 333 g/mol. The fourth-order valence-corrected chi connectivity index (χ4v) is 3.23. The first-order chi connectivity index (χ1) is 12.1. The molecule has 4 aromatic rings. The second kappa shape index (κ2) is 5.86. The van der Waals surface area contributed by atoms with E-state index in [0.717, 1.165) is 56.1 Å². The Labute approximate surface area is 145 Å². The molecule has 3 aromatic heterocycles. The number of nitrogens with one attached hydrogen (secondary N) is 1. The van der Waals surface area contributed by atoms with Gasteiger partial charge in [-0.1, -0.05) is 29.4 Å². The van der Waals surface area contributed by atoms with E-state index in [4.69, 9.17) is 9.51 Å². The molecule has 0 amide bonds. The SMILES string of the molecule is Cc1cc2c(-c3ccc(CO)cc3)nc(-c3c(C)noc3C)cc2[nH]1. The number of aliphatic hydroxyl groups is 1. The molecule has 0 saturated carbocycles. The maximum atomic E-state index is 9.27. The van der Waals surface area contributed by atoms with Crippen LogP contribution in [0, 0.1) is 20.8 Å². The van der Waals surface area contributed by atoms with E-state index in [0.29, 0.717) is 0 Å². The Morgan fingerprint density at radius 1 is 1.08 bits per heavy atom. The summed E-state index contributed by atoms with van der Waals surface area (Å²) in [6.07, 6.45) is 0. The van der Waals surface area contributed by atoms with Crippen molar-refractivity contribution in [2.45, 2.75) is 27.4 Å². The molecule has 25 heavy (non-hydrogen) atoms. The van der Waals surface area contributed by atoms with Crippen molar-refractivity contribution >= 4 is 10.9 Å². The van der Waals surface area contributed by atoms with Gasteiger partial charge in [-0.2, -0.15) is 0 Å². The molecule has 4 rings (SSSR count). The highest BCUT2D eigenvalue weighted by Gasteiger charge is 2.17. The van der Waals surface area contributed by atoms with Gasteiger partial charge in [0.1, 0.15) is 5.76 Å². The van der Waals surface area contributed by atoms with Crippen LogP contribution in [0.5, 0.6) is 0 Å². The lowest BCUT2D eigenvalue weighted by Crippen LogP contribution is -1.92. The van der Waals surface area contributed by atoms with Crippen molar-refractivity contribution in [2.75, 3.05) is 0 Å². The van der Waals surface area contributed by atoms with Crippen molar-refractivity contribution < 1.29 is 9.63 Å². The number of hydrogen-bond acceptors (Lipinski definition) is 4. The van der Waals surface area contributed by atoms with E-state index < -0.39 is 0 Å². The van der Waals surface area contributed by atoms with Gasteiger partial charge >= 0.3 is 0 Å². The number of aliphatic hydroxyl groups excluding tert-OH is 1. The van der Waals surface area contributed by atoms with Crippen molar-refractivity contribution in [3.63, 3.8) is 0 Å². The van der Waals surface area contributed by atoms with Crippen LogP contribution in [0.2, 0.25) is 0 Å². The predicted molar refractivity (Wildman–Crippen MR) is 97.2 cm³/mol. The van der Waals surface area contributed by atoms with Crippen LogP contribution >= 0.6 is 0 Å². The first-order valence-corrected chi connectivity index (χ1v) is 8.20. The van der Waals surface area contributed by atoms with Crippen LogP contribution in [0.25, 0.3) is 33.4 Å². The van der Waals surface area contributed by atoms with Gasteiger partial charge in [-0.3, -0.25) is 0 Å². The maximum absolute atomic E-state index is 9.27. The lowest BCUT2D eigenvalue weighted by Gasteiger charge is -2.08. The van der Waals surface area contributed by atoms with E-state index >= 15 is 0 Å². The first kappa shape index (κ1) is 15.6. The van der Waals surface area contributed by atoms with Crippen LogP contribution in [-0.2, 0) is 6.61 Å². The van der Waals surface area contributed by atoms with Gasteiger partial charge in [0, 0.05) is 22.2 Å². The molecule has 0 aliphatic carbocycles. The summed E-state index contributed by atoms with van der Waals surface area (Å²) in [5, 5.41) is 14.4. The molecule has 0 radical (unpaired) electrons. The number of aromatic nitrogens is 3. The molecule has 2 N–H and O–H groups in total. The molecule has 1 aromatic carbocycles. The molecule has 5 nitrogen and oxygen atoms in total. The number of rotatable bonds is 3. The van der Waals surface area contributed by atoms with E-state index in [-0.39, 0.29) is 6.61 Å². The van der Waals surface area contributed by atoms with Gasteiger partial charge in [0.15, 0.2) is 0 Å². The van der Waals surface area contributed by atoms with Gasteiger partial charge in [-0.25, -0.2) is 4.98 Å². The average Bonchev–Trinajstić information content (AvgIpc) is 3.15. The number of benzene rings is 1. The topological polar surface area (TPSA) is 74.9 Å². The maximum Gasteiger partial charge on any atom is 0.143 e. The van der Waals surface area contributed by atoms with E-state index in [1.165, 1.54) is 0 Å². The first-order valence-electron chi connectivity index (χ1n) is 8.20. The largest absolute Gasteiger partial charge is 0.392 e. The molecule has 0 fully saturated rings. The number of aromatic amines is 1. The standard InChI is InChI=1S/C20H19N3O2/c1-11-8-16-17(21-11)9-18(19-12(2)23-25-13(19)3)22-20(16)15-6-4-14(10-24)5-7-15/h4-9,21,24H,10H2,1-3H3. The third-order valence-corrected chi connectivity index (χ3v) is 4.45. The molecule has 126 valence electrons. The highest BCUT2D eigenvalue weighted by Crippen LogP contribution is 2.33. The summed E-state index contributed by atoms with van der Waals surface area (Å²) in [4.78, 5) is 8.32. The third kappa shape index (κ3) is 2.62. The Hall–Kier alpha value is -2.92. The van der Waals surface area contributed by atoms with E-state index in [2.05, 4.69) is 16.2 Å². The Bertz CT molecular complexity index is 1040. The number of hydrogen-bond donors (Lipinski definition) is 2. The third-order valence-electron chi connectivity index (χ3n) is 4.45. The minimum atomic E-state index is 0.0332. The Morgan fingerprint density at radius 2 is 1.84 bits per heavy atom. The van der Waals surface area contributed by atoms with Crippen molar-refractivity contribution in [3.05, 3.63) is 59.1 Å². The molecule has 0 bridgehead atoms. The summed E-state index contributed by atoms with van der Waals surface area (Å²) < 4.78 is 5.31.